The van der Waals surface area contributed by atoms with E-state index in [1.54, 1.807) is 22.9 Å². The fourth-order valence-electron chi connectivity index (χ4n) is 1.49. The highest BCUT2D eigenvalue weighted by molar-refractivity contribution is 5.81. The van der Waals surface area contributed by atoms with E-state index in [1.165, 1.54) is 0 Å². The Kier molecular flexibility index (Phi) is 4.53. The Morgan fingerprint density at radius 1 is 1.35 bits per heavy atom. The Morgan fingerprint density at radius 2 is 2.00 bits per heavy atom. The molecule has 0 aliphatic carbocycles. The second-order valence-electron chi connectivity index (χ2n) is 3.89. The van der Waals surface area contributed by atoms with Crippen LogP contribution in [0.1, 0.15) is 12.5 Å². The van der Waals surface area contributed by atoms with Crippen molar-refractivity contribution < 1.29 is 4.79 Å². The van der Waals surface area contributed by atoms with Gasteiger partial charge < -0.3 is 9.80 Å². The van der Waals surface area contributed by atoms with E-state index in [4.69, 9.17) is 5.26 Å². The van der Waals surface area contributed by atoms with Crippen LogP contribution in [0.5, 0.6) is 0 Å². The van der Waals surface area contributed by atoms with Gasteiger partial charge in [-0.25, -0.2) is 0 Å². The molecule has 0 heterocycles. The first kappa shape index (κ1) is 13.0. The minimum Gasteiger partial charge on any atom is -0.364 e. The highest BCUT2D eigenvalue weighted by atomic mass is 16.2. The molecule has 0 fully saturated rings. The molecule has 0 aromatic heterocycles. The lowest BCUT2D eigenvalue weighted by molar-refractivity contribution is -0.128. The van der Waals surface area contributed by atoms with E-state index in [1.807, 2.05) is 32.2 Å². The molecule has 0 unspecified atom stereocenters. The number of anilines is 1. The molecule has 1 rings (SSSR count). The van der Waals surface area contributed by atoms with E-state index in [0.717, 1.165) is 5.69 Å². The zero-order valence-corrected chi connectivity index (χ0v) is 10.5. The van der Waals surface area contributed by atoms with Crippen LogP contribution in [0.3, 0.4) is 0 Å². The van der Waals surface area contributed by atoms with Crippen LogP contribution in [0.25, 0.3) is 0 Å². The maximum Gasteiger partial charge on any atom is 0.241 e. The van der Waals surface area contributed by atoms with Crippen LogP contribution in [-0.4, -0.2) is 38.0 Å². The highest BCUT2D eigenvalue weighted by Gasteiger charge is 2.12. The van der Waals surface area contributed by atoms with E-state index in [0.29, 0.717) is 12.1 Å². The molecule has 0 aliphatic heterocycles. The molecular weight excluding hydrogens is 214 g/mol. The van der Waals surface area contributed by atoms with Gasteiger partial charge in [0.2, 0.25) is 5.91 Å². The largest absolute Gasteiger partial charge is 0.364 e. The zero-order chi connectivity index (χ0) is 12.8. The summed E-state index contributed by atoms with van der Waals surface area (Å²) < 4.78 is 0. The van der Waals surface area contributed by atoms with E-state index < -0.39 is 0 Å². The van der Waals surface area contributed by atoms with Crippen molar-refractivity contribution in [2.24, 2.45) is 0 Å². The maximum absolute atomic E-state index is 11.8. The number of carbonyl (C=O) groups is 1. The van der Waals surface area contributed by atoms with Gasteiger partial charge in [0, 0.05) is 20.6 Å². The van der Waals surface area contributed by atoms with Crippen molar-refractivity contribution in [3.05, 3.63) is 29.8 Å². The Labute approximate surface area is 102 Å². The van der Waals surface area contributed by atoms with Crippen molar-refractivity contribution in [3.8, 4) is 6.07 Å². The number of likely N-dealkylation sites (N-methyl/N-ethyl adjacent to an activating group) is 2. The lowest BCUT2D eigenvalue weighted by Gasteiger charge is -2.23. The Morgan fingerprint density at radius 3 is 2.59 bits per heavy atom. The molecule has 1 aromatic rings. The Bertz CT molecular complexity index is 437. The van der Waals surface area contributed by atoms with Gasteiger partial charge in [-0.3, -0.25) is 4.79 Å². The summed E-state index contributed by atoms with van der Waals surface area (Å²) >= 11 is 0. The van der Waals surface area contributed by atoms with Crippen molar-refractivity contribution in [1.29, 1.82) is 5.26 Å². The summed E-state index contributed by atoms with van der Waals surface area (Å²) in [5.41, 5.74) is 1.37. The van der Waals surface area contributed by atoms with Crippen LogP contribution in [-0.2, 0) is 4.79 Å². The van der Waals surface area contributed by atoms with E-state index in [-0.39, 0.29) is 12.5 Å². The number of nitrogens with zero attached hydrogens (tertiary/aromatic N) is 3. The quantitative estimate of drug-likeness (QED) is 0.788. The maximum atomic E-state index is 11.8. The van der Waals surface area contributed by atoms with Crippen LogP contribution < -0.4 is 4.90 Å². The van der Waals surface area contributed by atoms with Gasteiger partial charge in [-0.2, -0.15) is 5.26 Å². The summed E-state index contributed by atoms with van der Waals surface area (Å²) in [5.74, 6) is 0.0442. The predicted octanol–water partition coefficient (Wildman–Crippen LogP) is 1.47. The van der Waals surface area contributed by atoms with Crippen LogP contribution in [0, 0.1) is 11.3 Å². The molecule has 0 atom stereocenters. The first-order chi connectivity index (χ1) is 8.10. The molecular formula is C13H17N3O. The molecule has 1 aromatic carbocycles. The number of carbonyl (C=O) groups excluding carboxylic acids is 1. The van der Waals surface area contributed by atoms with E-state index in [2.05, 4.69) is 6.07 Å². The lowest BCUT2D eigenvalue weighted by Crippen LogP contribution is -2.36. The van der Waals surface area contributed by atoms with Crippen molar-refractivity contribution in [2.75, 3.05) is 32.1 Å². The normalized spacial score (nSPS) is 9.53. The molecule has 0 saturated heterocycles. The van der Waals surface area contributed by atoms with Gasteiger partial charge in [0.05, 0.1) is 17.8 Å². The summed E-state index contributed by atoms with van der Waals surface area (Å²) in [5, 5.41) is 8.98. The monoisotopic (exact) mass is 231 g/mol. The molecule has 0 aliphatic rings. The number of benzene rings is 1. The standard InChI is InChI=1S/C13H17N3O/c1-4-15(2)13(17)10-16(3)12-8-6-5-7-11(12)9-14/h5-8H,4,10H2,1-3H3. The molecule has 17 heavy (non-hydrogen) atoms. The first-order valence-corrected chi connectivity index (χ1v) is 5.54. The first-order valence-electron chi connectivity index (χ1n) is 5.54. The fourth-order valence-corrected chi connectivity index (χ4v) is 1.49. The SMILES string of the molecule is CCN(C)C(=O)CN(C)c1ccccc1C#N. The Hall–Kier alpha value is -2.02. The van der Waals surface area contributed by atoms with Gasteiger partial charge >= 0.3 is 0 Å². The van der Waals surface area contributed by atoms with Gasteiger partial charge in [0.25, 0.3) is 0 Å². The predicted molar refractivity (Wildman–Crippen MR) is 67.7 cm³/mol. The number of hydrogen-bond acceptors (Lipinski definition) is 3. The molecule has 0 saturated carbocycles. The second-order valence-corrected chi connectivity index (χ2v) is 3.89. The summed E-state index contributed by atoms with van der Waals surface area (Å²) in [4.78, 5) is 15.2. The average molecular weight is 231 g/mol. The average Bonchev–Trinajstić information content (AvgIpc) is 2.37. The minimum absolute atomic E-state index is 0.0442. The van der Waals surface area contributed by atoms with Crippen molar-refractivity contribution >= 4 is 11.6 Å². The third-order valence-electron chi connectivity index (χ3n) is 2.71. The van der Waals surface area contributed by atoms with Gasteiger partial charge in [-0.15, -0.1) is 0 Å². The van der Waals surface area contributed by atoms with Crippen molar-refractivity contribution in [1.82, 2.24) is 4.90 Å². The van der Waals surface area contributed by atoms with Crippen LogP contribution in [0.15, 0.2) is 24.3 Å². The molecule has 1 amide bonds. The third kappa shape index (κ3) is 3.22. The van der Waals surface area contributed by atoms with Gasteiger partial charge in [0.1, 0.15) is 6.07 Å². The van der Waals surface area contributed by atoms with Gasteiger partial charge in [0.15, 0.2) is 0 Å². The number of rotatable bonds is 4. The summed E-state index contributed by atoms with van der Waals surface area (Å²) in [6.45, 7) is 2.90. The van der Waals surface area contributed by atoms with Crippen LogP contribution in [0.4, 0.5) is 5.69 Å². The number of hydrogen-bond donors (Lipinski definition) is 0. The Balaban J connectivity index is 2.80. The molecule has 90 valence electrons. The fraction of sp³-hybridized carbons (Fsp3) is 0.385. The smallest absolute Gasteiger partial charge is 0.241 e. The number of para-hydroxylation sites is 1. The number of nitriles is 1. The van der Waals surface area contributed by atoms with Gasteiger partial charge in [-0.1, -0.05) is 12.1 Å². The summed E-state index contributed by atoms with van der Waals surface area (Å²) in [6.07, 6.45) is 0. The van der Waals surface area contributed by atoms with E-state index >= 15 is 0 Å². The zero-order valence-electron chi connectivity index (χ0n) is 10.5. The molecule has 4 nitrogen and oxygen atoms in total. The highest BCUT2D eigenvalue weighted by Crippen LogP contribution is 2.17. The molecule has 0 spiro atoms. The molecule has 0 radical (unpaired) electrons. The molecule has 4 heteroatoms. The van der Waals surface area contributed by atoms with Crippen LogP contribution in [0.2, 0.25) is 0 Å². The number of amides is 1. The summed E-state index contributed by atoms with van der Waals surface area (Å²) in [6, 6.07) is 9.40. The second kappa shape index (κ2) is 5.90. The topological polar surface area (TPSA) is 47.3 Å². The lowest BCUT2D eigenvalue weighted by atomic mass is 10.2. The van der Waals surface area contributed by atoms with Gasteiger partial charge in [-0.05, 0) is 19.1 Å². The summed E-state index contributed by atoms with van der Waals surface area (Å²) in [7, 11) is 3.59. The van der Waals surface area contributed by atoms with Crippen molar-refractivity contribution in [2.45, 2.75) is 6.92 Å². The molecule has 0 N–H and O–H groups in total. The molecule has 0 bridgehead atoms. The van der Waals surface area contributed by atoms with Crippen molar-refractivity contribution in [3.63, 3.8) is 0 Å². The minimum atomic E-state index is 0.0442. The van der Waals surface area contributed by atoms with Crippen LogP contribution >= 0.6 is 0 Å². The van der Waals surface area contributed by atoms with E-state index in [9.17, 15) is 4.79 Å². The third-order valence-corrected chi connectivity index (χ3v) is 2.71.